The van der Waals surface area contributed by atoms with Crippen LogP contribution in [0.1, 0.15) is 30.6 Å². The summed E-state index contributed by atoms with van der Waals surface area (Å²) >= 11 is 0.968. The molecule has 12 heteroatoms. The van der Waals surface area contributed by atoms with Gasteiger partial charge in [0.15, 0.2) is 0 Å². The average molecular weight is 472 g/mol. The zero-order valence-electron chi connectivity index (χ0n) is 16.0. The molecule has 3 aromatic rings. The lowest BCUT2D eigenvalue weighted by Crippen LogP contribution is -2.27. The molecular formula is C19H18F2N2O6S2. The number of hydrogen-bond donors (Lipinski definition) is 3. The zero-order chi connectivity index (χ0) is 22.8. The van der Waals surface area contributed by atoms with Crippen molar-refractivity contribution < 1.29 is 36.7 Å². The lowest BCUT2D eigenvalue weighted by molar-refractivity contribution is 0.112. The molecule has 2 aromatic heterocycles. The second-order valence-electron chi connectivity index (χ2n) is 6.76. The van der Waals surface area contributed by atoms with Gasteiger partial charge in [-0.15, -0.1) is 11.3 Å². The monoisotopic (exact) mass is 472 g/mol. The fraction of sp³-hybridized carbons (Fsp3) is 0.263. The van der Waals surface area contributed by atoms with Gasteiger partial charge in [-0.05, 0) is 23.6 Å². The molecule has 4 rings (SSSR count). The Bertz CT molecular complexity index is 1140. The Morgan fingerprint density at radius 2 is 1.84 bits per heavy atom. The third kappa shape index (κ3) is 5.46. The van der Waals surface area contributed by atoms with Crippen molar-refractivity contribution in [2.75, 3.05) is 0 Å². The minimum atomic E-state index is -3.71. The maximum Gasteiger partial charge on any atom is 0.503 e. The molecule has 1 saturated carbocycles. The summed E-state index contributed by atoms with van der Waals surface area (Å²) in [6.07, 6.45) is -4.60. The molecule has 1 aliphatic carbocycles. The number of carboxylic acid groups (broad SMARTS) is 2. The Balaban J connectivity index is 0.000000628. The highest BCUT2D eigenvalue weighted by molar-refractivity contribution is 7.91. The molecule has 2 heterocycles. The number of alkyl halides is 2. The topological polar surface area (TPSA) is 130 Å². The van der Waals surface area contributed by atoms with E-state index in [1.807, 2.05) is 37.3 Å². The smallest absolute Gasteiger partial charge is 0.450 e. The van der Waals surface area contributed by atoms with E-state index in [-0.39, 0.29) is 27.8 Å². The van der Waals surface area contributed by atoms with Gasteiger partial charge in [0.25, 0.3) is 6.43 Å². The first-order valence-electron chi connectivity index (χ1n) is 8.94. The second kappa shape index (κ2) is 9.12. The van der Waals surface area contributed by atoms with E-state index in [9.17, 15) is 17.2 Å². The molecule has 1 aliphatic rings. The van der Waals surface area contributed by atoms with E-state index in [1.165, 1.54) is 12.1 Å². The van der Waals surface area contributed by atoms with E-state index < -0.39 is 28.4 Å². The molecule has 8 nitrogen and oxygen atoms in total. The summed E-state index contributed by atoms with van der Waals surface area (Å²) in [7, 11) is -3.71. The van der Waals surface area contributed by atoms with E-state index >= 15 is 0 Å². The van der Waals surface area contributed by atoms with E-state index in [0.717, 1.165) is 23.0 Å². The Morgan fingerprint density at radius 1 is 1.19 bits per heavy atom. The number of aromatic nitrogens is 1. The number of benzene rings is 1. The van der Waals surface area contributed by atoms with Gasteiger partial charge in [-0.1, -0.05) is 42.4 Å². The molecule has 0 unspecified atom stereocenters. The van der Waals surface area contributed by atoms with Crippen molar-refractivity contribution in [1.82, 2.24) is 9.88 Å². The molecule has 1 aromatic carbocycles. The standard InChI is InChI=1S/C18H16F2N2O3S2.CH2O3/c1-10-16(11-5-3-2-4-6-11)17(10)22-27(23,24)15-8-7-14(26-15)12-9-13(18(19)20)25-21-12;2-1(3)4/h2-10,16-18,22H,1H3;(H2,2,3,4)/t10-,16-,17+;/m1./s1. The summed E-state index contributed by atoms with van der Waals surface area (Å²) in [4.78, 5) is 9.01. The number of nitrogens with zero attached hydrogens (tertiary/aromatic N) is 1. The van der Waals surface area contributed by atoms with E-state index in [0.29, 0.717) is 4.88 Å². The second-order valence-corrected chi connectivity index (χ2v) is 9.78. The van der Waals surface area contributed by atoms with Crippen molar-refractivity contribution in [3.63, 3.8) is 0 Å². The predicted octanol–water partition coefficient (Wildman–Crippen LogP) is 4.64. The molecule has 166 valence electrons. The molecule has 0 amide bonds. The van der Waals surface area contributed by atoms with Crippen LogP contribution in [-0.4, -0.2) is 36.0 Å². The van der Waals surface area contributed by atoms with Crippen LogP contribution in [0.25, 0.3) is 10.6 Å². The SMILES string of the molecule is C[C@H]1[C@H](NS(=O)(=O)c2ccc(-c3cc(C(F)F)on3)s2)[C@H]1c1ccccc1.O=C(O)O. The molecule has 0 radical (unpaired) electrons. The molecular weight excluding hydrogens is 454 g/mol. The highest BCUT2D eigenvalue weighted by atomic mass is 32.2. The molecule has 3 atom stereocenters. The minimum Gasteiger partial charge on any atom is -0.450 e. The Hall–Kier alpha value is -2.83. The predicted molar refractivity (Wildman–Crippen MR) is 108 cm³/mol. The summed E-state index contributed by atoms with van der Waals surface area (Å²) in [5.41, 5.74) is 1.30. The molecule has 0 aliphatic heterocycles. The lowest BCUT2D eigenvalue weighted by Gasteiger charge is -2.04. The third-order valence-corrected chi connectivity index (χ3v) is 7.76. The molecule has 1 fully saturated rings. The van der Waals surface area contributed by atoms with E-state index in [4.69, 9.17) is 15.0 Å². The van der Waals surface area contributed by atoms with Crippen LogP contribution < -0.4 is 4.72 Å². The van der Waals surface area contributed by atoms with Crippen LogP contribution in [0.2, 0.25) is 0 Å². The van der Waals surface area contributed by atoms with Crippen LogP contribution in [-0.2, 0) is 10.0 Å². The first-order valence-corrected chi connectivity index (χ1v) is 11.2. The first kappa shape index (κ1) is 22.8. The van der Waals surface area contributed by atoms with E-state index in [1.54, 1.807) is 0 Å². The fourth-order valence-corrected chi connectivity index (χ4v) is 5.80. The van der Waals surface area contributed by atoms with Crippen molar-refractivity contribution in [3.8, 4) is 10.6 Å². The quantitative estimate of drug-likeness (QED) is 0.476. The molecule has 31 heavy (non-hydrogen) atoms. The van der Waals surface area contributed by atoms with E-state index in [2.05, 4.69) is 14.4 Å². The summed E-state index contributed by atoms with van der Waals surface area (Å²) in [6, 6.07) is 13.7. The normalized spacial score (nSPS) is 20.2. The minimum absolute atomic E-state index is 0.116. The van der Waals surface area contributed by atoms with Gasteiger partial charge in [-0.2, -0.15) is 0 Å². The Kier molecular flexibility index (Phi) is 6.72. The van der Waals surface area contributed by atoms with Gasteiger partial charge in [0.1, 0.15) is 9.90 Å². The molecule has 0 saturated heterocycles. The highest BCUT2D eigenvalue weighted by Crippen LogP contribution is 2.48. The Labute approximate surface area is 180 Å². The van der Waals surface area contributed by atoms with Crippen LogP contribution in [0.15, 0.2) is 57.3 Å². The summed E-state index contributed by atoms with van der Waals surface area (Å²) < 4.78 is 58.1. The number of halogens is 2. The van der Waals surface area contributed by atoms with Crippen LogP contribution in [0.4, 0.5) is 13.6 Å². The number of sulfonamides is 1. The van der Waals surface area contributed by atoms with Gasteiger partial charge in [0, 0.05) is 18.0 Å². The van der Waals surface area contributed by atoms with Crippen molar-refractivity contribution in [1.29, 1.82) is 0 Å². The lowest BCUT2D eigenvalue weighted by atomic mass is 10.1. The van der Waals surface area contributed by atoms with Gasteiger partial charge in [-0.3, -0.25) is 0 Å². The third-order valence-electron chi connectivity index (χ3n) is 4.70. The fourth-order valence-electron chi connectivity index (χ4n) is 3.18. The van der Waals surface area contributed by atoms with Crippen molar-refractivity contribution in [2.24, 2.45) is 5.92 Å². The first-order chi connectivity index (χ1) is 14.6. The van der Waals surface area contributed by atoms with Gasteiger partial charge < -0.3 is 14.7 Å². The maximum absolute atomic E-state index is 12.7. The van der Waals surface area contributed by atoms with Gasteiger partial charge in [0.05, 0.1) is 4.88 Å². The number of carbonyl (C=O) groups is 1. The molecule has 3 N–H and O–H groups in total. The highest BCUT2D eigenvalue weighted by Gasteiger charge is 2.49. The Morgan fingerprint density at radius 3 is 2.42 bits per heavy atom. The van der Waals surface area contributed by atoms with Crippen LogP contribution in [0, 0.1) is 5.92 Å². The summed E-state index contributed by atoms with van der Waals surface area (Å²) in [6.45, 7) is 2.01. The molecule has 0 bridgehead atoms. The number of thiophene rings is 1. The van der Waals surface area contributed by atoms with Gasteiger partial charge >= 0.3 is 6.16 Å². The number of nitrogens with one attached hydrogen (secondary N) is 1. The number of rotatable bonds is 6. The van der Waals surface area contributed by atoms with Gasteiger partial charge in [-0.25, -0.2) is 26.7 Å². The molecule has 0 spiro atoms. The number of hydrogen-bond acceptors (Lipinski definition) is 6. The summed E-state index contributed by atoms with van der Waals surface area (Å²) in [5.74, 6) is -0.200. The zero-order valence-corrected chi connectivity index (χ0v) is 17.6. The van der Waals surface area contributed by atoms with Gasteiger partial charge in [0.2, 0.25) is 15.8 Å². The van der Waals surface area contributed by atoms with Crippen molar-refractivity contribution >= 4 is 27.5 Å². The van der Waals surface area contributed by atoms with Crippen LogP contribution >= 0.6 is 11.3 Å². The van der Waals surface area contributed by atoms with Crippen LogP contribution in [0.5, 0.6) is 0 Å². The van der Waals surface area contributed by atoms with Crippen molar-refractivity contribution in [2.45, 2.75) is 29.5 Å². The summed E-state index contributed by atoms with van der Waals surface area (Å²) in [5, 5.41) is 17.5. The van der Waals surface area contributed by atoms with Crippen LogP contribution in [0.3, 0.4) is 0 Å². The average Bonchev–Trinajstić information content (AvgIpc) is 3.15. The largest absolute Gasteiger partial charge is 0.503 e. The maximum atomic E-state index is 12.7. The van der Waals surface area contributed by atoms with Crippen molar-refractivity contribution in [3.05, 3.63) is 59.9 Å².